The van der Waals surface area contributed by atoms with E-state index in [1.165, 1.54) is 0 Å². The highest BCUT2D eigenvalue weighted by Crippen LogP contribution is 2.48. The first-order valence-corrected chi connectivity index (χ1v) is 7.92. The Balaban J connectivity index is 2.08. The lowest BCUT2D eigenvalue weighted by Crippen LogP contribution is -2.23. The summed E-state index contributed by atoms with van der Waals surface area (Å²) in [5.74, 6) is 1.75. The van der Waals surface area contributed by atoms with Crippen LogP contribution in [-0.2, 0) is 0 Å². The van der Waals surface area contributed by atoms with Gasteiger partial charge in [-0.2, -0.15) is 0 Å². The average Bonchev–Trinajstić information content (AvgIpc) is 2.87. The fourth-order valence-electron chi connectivity index (χ4n) is 3.23. The van der Waals surface area contributed by atoms with Crippen molar-refractivity contribution in [3.05, 3.63) is 21.7 Å². The fourth-order valence-corrected chi connectivity index (χ4v) is 3.92. The van der Waals surface area contributed by atoms with Crippen molar-refractivity contribution in [2.45, 2.75) is 12.5 Å². The number of hydrogen-bond donors (Lipinski definition) is 1. The van der Waals surface area contributed by atoms with E-state index in [-0.39, 0.29) is 6.04 Å². The van der Waals surface area contributed by atoms with Gasteiger partial charge < -0.3 is 15.2 Å². The van der Waals surface area contributed by atoms with Crippen LogP contribution in [0, 0.1) is 5.92 Å². The van der Waals surface area contributed by atoms with Gasteiger partial charge in [-0.1, -0.05) is 15.9 Å². The molecule has 2 atom stereocenters. The van der Waals surface area contributed by atoms with Crippen LogP contribution in [0.2, 0.25) is 0 Å². The lowest BCUT2D eigenvalue weighted by atomic mass is 9.97. The Morgan fingerprint density at radius 2 is 2.14 bits per heavy atom. The van der Waals surface area contributed by atoms with Gasteiger partial charge in [0, 0.05) is 22.6 Å². The minimum Gasteiger partial charge on any atom is -0.486 e. The lowest BCUT2D eigenvalue weighted by molar-refractivity contribution is 0.111. The number of fused-ring (bicyclic) bond motifs is 1. The van der Waals surface area contributed by atoms with E-state index in [4.69, 9.17) is 15.2 Å². The second-order valence-corrected chi connectivity index (χ2v) is 6.48. The van der Waals surface area contributed by atoms with Crippen LogP contribution in [0.1, 0.15) is 28.4 Å². The zero-order chi connectivity index (χ0) is 15.0. The Hall–Kier alpha value is -1.11. The van der Waals surface area contributed by atoms with Crippen molar-refractivity contribution in [2.75, 3.05) is 33.4 Å². The smallest absolute Gasteiger partial charge is 0.172 e. The van der Waals surface area contributed by atoms with Crippen LogP contribution in [0.4, 0.5) is 0 Å². The zero-order valence-corrected chi connectivity index (χ0v) is 13.6. The van der Waals surface area contributed by atoms with Crippen molar-refractivity contribution in [3.8, 4) is 11.5 Å². The molecular formula is C15H19BrN2O3. The van der Waals surface area contributed by atoms with Gasteiger partial charge in [0.2, 0.25) is 0 Å². The summed E-state index contributed by atoms with van der Waals surface area (Å²) in [5, 5.41) is 0. The SMILES string of the molecule is CN1CC(CN)CC1c1c(Br)cc(C=O)c2c1OCCO2. The van der Waals surface area contributed by atoms with Gasteiger partial charge >= 0.3 is 0 Å². The number of nitrogens with zero attached hydrogens (tertiary/aromatic N) is 1. The summed E-state index contributed by atoms with van der Waals surface area (Å²) < 4.78 is 12.4. The van der Waals surface area contributed by atoms with Gasteiger partial charge in [0.05, 0.1) is 5.56 Å². The first kappa shape index (κ1) is 14.8. The second-order valence-electron chi connectivity index (χ2n) is 5.63. The van der Waals surface area contributed by atoms with E-state index >= 15 is 0 Å². The molecule has 0 aliphatic carbocycles. The van der Waals surface area contributed by atoms with E-state index in [9.17, 15) is 4.79 Å². The first-order valence-electron chi connectivity index (χ1n) is 7.13. The van der Waals surface area contributed by atoms with Crippen LogP contribution >= 0.6 is 15.9 Å². The van der Waals surface area contributed by atoms with Crippen molar-refractivity contribution in [1.82, 2.24) is 4.90 Å². The van der Waals surface area contributed by atoms with Gasteiger partial charge in [0.15, 0.2) is 17.8 Å². The molecule has 1 fully saturated rings. The highest BCUT2D eigenvalue weighted by molar-refractivity contribution is 9.10. The normalized spacial score (nSPS) is 25.1. The Labute approximate surface area is 132 Å². The van der Waals surface area contributed by atoms with E-state index in [1.807, 2.05) is 6.07 Å². The molecule has 0 spiro atoms. The summed E-state index contributed by atoms with van der Waals surface area (Å²) in [6.45, 7) is 2.63. The third kappa shape index (κ3) is 2.56. The summed E-state index contributed by atoms with van der Waals surface area (Å²) in [7, 11) is 2.09. The van der Waals surface area contributed by atoms with E-state index in [1.54, 1.807) is 0 Å². The molecule has 6 heteroatoms. The van der Waals surface area contributed by atoms with Gasteiger partial charge in [-0.05, 0) is 32.0 Å². The highest BCUT2D eigenvalue weighted by atomic mass is 79.9. The topological polar surface area (TPSA) is 64.8 Å². The van der Waals surface area contributed by atoms with Crippen molar-refractivity contribution >= 4 is 22.2 Å². The van der Waals surface area contributed by atoms with E-state index in [0.717, 1.165) is 29.3 Å². The molecule has 114 valence electrons. The largest absolute Gasteiger partial charge is 0.486 e. The predicted molar refractivity (Wildman–Crippen MR) is 83.1 cm³/mol. The molecule has 1 aromatic rings. The van der Waals surface area contributed by atoms with E-state index in [0.29, 0.717) is 42.7 Å². The molecule has 21 heavy (non-hydrogen) atoms. The summed E-state index contributed by atoms with van der Waals surface area (Å²) in [6, 6.07) is 2.04. The monoisotopic (exact) mass is 354 g/mol. The molecule has 2 heterocycles. The van der Waals surface area contributed by atoms with E-state index in [2.05, 4.69) is 27.9 Å². The number of benzene rings is 1. The number of aldehydes is 1. The Morgan fingerprint density at radius 3 is 2.76 bits per heavy atom. The fraction of sp³-hybridized carbons (Fsp3) is 0.533. The molecule has 2 N–H and O–H groups in total. The molecule has 0 aromatic heterocycles. The van der Waals surface area contributed by atoms with Crippen LogP contribution in [0.15, 0.2) is 10.5 Å². The minimum atomic E-state index is 0.226. The van der Waals surface area contributed by atoms with Crippen LogP contribution in [0.25, 0.3) is 0 Å². The molecule has 1 saturated heterocycles. The van der Waals surface area contributed by atoms with Gasteiger partial charge in [-0.15, -0.1) is 0 Å². The third-order valence-electron chi connectivity index (χ3n) is 4.26. The molecule has 0 amide bonds. The number of nitrogens with two attached hydrogens (primary N) is 1. The predicted octanol–water partition coefficient (Wildman–Crippen LogP) is 1.98. The lowest BCUT2D eigenvalue weighted by Gasteiger charge is -2.28. The van der Waals surface area contributed by atoms with Gasteiger partial charge in [-0.25, -0.2) is 0 Å². The number of halogens is 1. The number of carbonyl (C=O) groups is 1. The van der Waals surface area contributed by atoms with Crippen molar-refractivity contribution < 1.29 is 14.3 Å². The Kier molecular flexibility index (Phi) is 4.19. The van der Waals surface area contributed by atoms with Crippen molar-refractivity contribution in [1.29, 1.82) is 0 Å². The second kappa shape index (κ2) is 5.94. The Morgan fingerprint density at radius 1 is 1.43 bits per heavy atom. The molecule has 0 radical (unpaired) electrons. The van der Waals surface area contributed by atoms with Gasteiger partial charge in [0.25, 0.3) is 0 Å². The molecule has 1 aromatic carbocycles. The summed E-state index contributed by atoms with van der Waals surface area (Å²) in [5.41, 5.74) is 7.41. The summed E-state index contributed by atoms with van der Waals surface area (Å²) >= 11 is 3.59. The third-order valence-corrected chi connectivity index (χ3v) is 4.91. The standard InChI is InChI=1S/C15H19BrN2O3/c1-18-7-9(6-17)4-12(18)13-11(16)5-10(8-19)14-15(13)21-3-2-20-14/h5,8-9,12H,2-4,6-7,17H2,1H3. The summed E-state index contributed by atoms with van der Waals surface area (Å²) in [6.07, 6.45) is 1.80. The number of hydrogen-bond acceptors (Lipinski definition) is 5. The zero-order valence-electron chi connectivity index (χ0n) is 12.0. The van der Waals surface area contributed by atoms with Crippen molar-refractivity contribution in [3.63, 3.8) is 0 Å². The maximum absolute atomic E-state index is 11.2. The van der Waals surface area contributed by atoms with E-state index < -0.39 is 0 Å². The number of rotatable bonds is 3. The van der Waals surface area contributed by atoms with Crippen LogP contribution in [0.3, 0.4) is 0 Å². The quantitative estimate of drug-likeness (QED) is 0.840. The molecule has 2 aliphatic rings. The number of ether oxygens (including phenoxy) is 2. The van der Waals surface area contributed by atoms with Crippen LogP contribution in [0.5, 0.6) is 11.5 Å². The van der Waals surface area contributed by atoms with Gasteiger partial charge in [-0.3, -0.25) is 9.69 Å². The Bertz CT molecular complexity index is 564. The maximum atomic E-state index is 11.2. The first-order chi connectivity index (χ1) is 10.2. The average molecular weight is 355 g/mol. The van der Waals surface area contributed by atoms with Crippen LogP contribution < -0.4 is 15.2 Å². The number of likely N-dealkylation sites (tertiary alicyclic amines) is 1. The molecule has 2 unspecified atom stereocenters. The maximum Gasteiger partial charge on any atom is 0.172 e. The molecule has 0 saturated carbocycles. The van der Waals surface area contributed by atoms with Crippen LogP contribution in [-0.4, -0.2) is 44.5 Å². The van der Waals surface area contributed by atoms with Gasteiger partial charge in [0.1, 0.15) is 13.2 Å². The molecule has 3 rings (SSSR count). The molecule has 5 nitrogen and oxygen atoms in total. The molecule has 2 aliphatic heterocycles. The molecular weight excluding hydrogens is 336 g/mol. The summed E-state index contributed by atoms with van der Waals surface area (Å²) in [4.78, 5) is 13.5. The van der Waals surface area contributed by atoms with Crippen molar-refractivity contribution in [2.24, 2.45) is 11.7 Å². The molecule has 0 bridgehead atoms. The number of carbonyl (C=O) groups excluding carboxylic acids is 1. The minimum absolute atomic E-state index is 0.226. The highest BCUT2D eigenvalue weighted by Gasteiger charge is 2.35.